The van der Waals surface area contributed by atoms with Gasteiger partial charge in [0, 0.05) is 20.2 Å². The molecule has 0 aliphatic carbocycles. The Kier molecular flexibility index (Phi) is 5.71. The third-order valence-electron chi connectivity index (χ3n) is 2.35. The van der Waals surface area contributed by atoms with Gasteiger partial charge in [0.05, 0.1) is 11.5 Å². The normalized spacial score (nSPS) is 10.8. The maximum atomic E-state index is 13.9. The lowest BCUT2D eigenvalue weighted by Gasteiger charge is -2.06. The van der Waals surface area contributed by atoms with Gasteiger partial charge in [-0.15, -0.1) is 0 Å². The van der Waals surface area contributed by atoms with Crippen LogP contribution in [0.15, 0.2) is 33.8 Å². The fraction of sp³-hybridized carbons (Fsp3) is 0.333. The van der Waals surface area contributed by atoms with Crippen molar-refractivity contribution in [1.82, 2.24) is 14.7 Å². The summed E-state index contributed by atoms with van der Waals surface area (Å²) in [5.74, 6) is -0.230. The van der Waals surface area contributed by atoms with Crippen molar-refractivity contribution in [2.45, 2.75) is 15.8 Å². The lowest BCUT2D eigenvalue weighted by atomic mass is 10.2. The van der Waals surface area contributed by atoms with Gasteiger partial charge in [-0.05, 0) is 29.2 Å². The van der Waals surface area contributed by atoms with Gasteiger partial charge in [0.15, 0.2) is 4.34 Å². The summed E-state index contributed by atoms with van der Waals surface area (Å²) in [4.78, 5) is 4.59. The van der Waals surface area contributed by atoms with E-state index in [2.05, 4.69) is 14.7 Å². The van der Waals surface area contributed by atoms with Crippen molar-refractivity contribution < 1.29 is 9.13 Å². The molecule has 0 aliphatic heterocycles. The van der Waals surface area contributed by atoms with Crippen molar-refractivity contribution in [3.05, 3.63) is 35.9 Å². The largest absolute Gasteiger partial charge is 0.383 e. The summed E-state index contributed by atoms with van der Waals surface area (Å²) in [5.41, 5.74) is 0.912. The molecule has 1 aromatic carbocycles. The molecule has 2 aromatic rings. The molecule has 0 radical (unpaired) electrons. The Balaban J connectivity index is 1.93. The summed E-state index contributed by atoms with van der Waals surface area (Å²) in [6, 6.07) is 5.23. The fourth-order valence-corrected chi connectivity index (χ4v) is 2.85. The second-order valence-corrected chi connectivity index (χ2v) is 5.81. The summed E-state index contributed by atoms with van der Waals surface area (Å²) >= 11 is 2.55. The second kappa shape index (κ2) is 7.54. The van der Waals surface area contributed by atoms with Crippen LogP contribution in [0.25, 0.3) is 0 Å². The molecule has 2 rings (SSSR count). The Bertz CT molecular complexity index is 508. The summed E-state index contributed by atoms with van der Waals surface area (Å²) in [5, 5.41) is 3.18. The van der Waals surface area contributed by atoms with Gasteiger partial charge in [0.25, 0.3) is 0 Å². The van der Waals surface area contributed by atoms with E-state index in [-0.39, 0.29) is 5.82 Å². The van der Waals surface area contributed by atoms with Crippen LogP contribution in [0, 0.1) is 5.82 Å². The number of hydrogen-bond acceptors (Lipinski definition) is 6. The van der Waals surface area contributed by atoms with E-state index >= 15 is 0 Å². The number of ether oxygens (including phenoxy) is 1. The predicted molar refractivity (Wildman–Crippen MR) is 74.0 cm³/mol. The molecule has 0 amide bonds. The molecule has 1 N–H and O–H groups in total. The highest BCUT2D eigenvalue weighted by Gasteiger charge is 2.07. The minimum atomic E-state index is -0.230. The highest BCUT2D eigenvalue weighted by molar-refractivity contribution is 8.01. The van der Waals surface area contributed by atoms with Crippen LogP contribution in [0.2, 0.25) is 0 Å². The second-order valence-electron chi connectivity index (χ2n) is 3.74. The molecule has 0 aliphatic rings. The van der Waals surface area contributed by atoms with Gasteiger partial charge in [-0.2, -0.15) is 4.37 Å². The van der Waals surface area contributed by atoms with Gasteiger partial charge in [-0.3, -0.25) is 0 Å². The van der Waals surface area contributed by atoms with Crippen LogP contribution in [0.3, 0.4) is 0 Å². The SMILES string of the molecule is COCCNCc1ccc(Sc2ncns2)c(F)c1. The third-order valence-corrected chi connectivity index (χ3v) is 4.11. The zero-order valence-electron chi connectivity index (χ0n) is 10.4. The smallest absolute Gasteiger partial charge is 0.174 e. The van der Waals surface area contributed by atoms with Crippen molar-refractivity contribution in [2.75, 3.05) is 20.3 Å². The van der Waals surface area contributed by atoms with Gasteiger partial charge in [0.2, 0.25) is 0 Å². The Labute approximate surface area is 119 Å². The maximum Gasteiger partial charge on any atom is 0.174 e. The molecule has 0 saturated carbocycles. The van der Waals surface area contributed by atoms with Gasteiger partial charge < -0.3 is 10.1 Å². The molecular formula is C12H14FN3OS2. The van der Waals surface area contributed by atoms with E-state index in [1.54, 1.807) is 19.2 Å². The molecule has 0 unspecified atom stereocenters. The summed E-state index contributed by atoms with van der Waals surface area (Å²) in [6.45, 7) is 2.02. The van der Waals surface area contributed by atoms with Gasteiger partial charge >= 0.3 is 0 Å². The van der Waals surface area contributed by atoms with Crippen LogP contribution in [0.1, 0.15) is 5.56 Å². The molecule has 4 nitrogen and oxygen atoms in total. The van der Waals surface area contributed by atoms with Gasteiger partial charge in [-0.1, -0.05) is 17.8 Å². The minimum Gasteiger partial charge on any atom is -0.383 e. The predicted octanol–water partition coefficient (Wildman–Crippen LogP) is 2.56. The Morgan fingerprint density at radius 2 is 2.37 bits per heavy atom. The third kappa shape index (κ3) is 4.54. The van der Waals surface area contributed by atoms with Crippen molar-refractivity contribution >= 4 is 23.3 Å². The summed E-state index contributed by atoms with van der Waals surface area (Å²) < 4.78 is 23.5. The van der Waals surface area contributed by atoms with Crippen LogP contribution >= 0.6 is 23.3 Å². The molecular weight excluding hydrogens is 285 g/mol. The molecule has 102 valence electrons. The van der Waals surface area contributed by atoms with Crippen molar-refractivity contribution in [2.24, 2.45) is 0 Å². The average Bonchev–Trinajstić information content (AvgIpc) is 2.91. The van der Waals surface area contributed by atoms with E-state index in [4.69, 9.17) is 4.74 Å². The number of methoxy groups -OCH3 is 1. The average molecular weight is 299 g/mol. The number of aromatic nitrogens is 2. The van der Waals surface area contributed by atoms with E-state index < -0.39 is 0 Å². The number of benzene rings is 1. The highest BCUT2D eigenvalue weighted by atomic mass is 32.2. The summed E-state index contributed by atoms with van der Waals surface area (Å²) in [6.07, 6.45) is 1.47. The zero-order chi connectivity index (χ0) is 13.5. The van der Waals surface area contributed by atoms with Crippen LogP contribution in [0.5, 0.6) is 0 Å². The standard InChI is InChI=1S/C12H14FN3OS2/c1-17-5-4-14-7-9-2-3-11(10(13)6-9)18-12-15-8-16-19-12/h2-3,6,8,14H,4-5,7H2,1H3. The molecule has 7 heteroatoms. The van der Waals surface area contributed by atoms with E-state index in [1.165, 1.54) is 29.6 Å². The van der Waals surface area contributed by atoms with E-state index in [0.29, 0.717) is 18.0 Å². The molecule has 0 fully saturated rings. The lowest BCUT2D eigenvalue weighted by Crippen LogP contribution is -2.18. The summed E-state index contributed by atoms with van der Waals surface area (Å²) in [7, 11) is 1.65. The Morgan fingerprint density at radius 1 is 1.47 bits per heavy atom. The molecule has 0 atom stereocenters. The number of halogens is 1. The van der Waals surface area contributed by atoms with Crippen LogP contribution in [-0.2, 0) is 11.3 Å². The number of nitrogens with zero attached hydrogens (tertiary/aromatic N) is 2. The molecule has 0 saturated heterocycles. The molecule has 1 heterocycles. The first-order chi connectivity index (χ1) is 9.29. The fourth-order valence-electron chi connectivity index (χ4n) is 1.45. The maximum absolute atomic E-state index is 13.9. The van der Waals surface area contributed by atoms with Crippen molar-refractivity contribution in [1.29, 1.82) is 0 Å². The van der Waals surface area contributed by atoms with Crippen LogP contribution < -0.4 is 5.32 Å². The van der Waals surface area contributed by atoms with Crippen LogP contribution in [-0.4, -0.2) is 29.6 Å². The number of nitrogens with one attached hydrogen (secondary N) is 1. The first kappa shape index (κ1) is 14.4. The monoisotopic (exact) mass is 299 g/mol. The molecule has 0 bridgehead atoms. The lowest BCUT2D eigenvalue weighted by molar-refractivity contribution is 0.199. The van der Waals surface area contributed by atoms with Gasteiger partial charge in [-0.25, -0.2) is 9.37 Å². The first-order valence-corrected chi connectivity index (χ1v) is 7.31. The minimum absolute atomic E-state index is 0.230. The van der Waals surface area contributed by atoms with Crippen molar-refractivity contribution in [3.63, 3.8) is 0 Å². The molecule has 19 heavy (non-hydrogen) atoms. The van der Waals surface area contributed by atoms with Crippen molar-refractivity contribution in [3.8, 4) is 0 Å². The quantitative estimate of drug-likeness (QED) is 0.796. The van der Waals surface area contributed by atoms with Crippen LogP contribution in [0.4, 0.5) is 4.39 Å². The van der Waals surface area contributed by atoms with E-state index in [1.807, 2.05) is 6.07 Å². The topological polar surface area (TPSA) is 47.0 Å². The number of hydrogen-bond donors (Lipinski definition) is 1. The zero-order valence-corrected chi connectivity index (χ0v) is 12.1. The highest BCUT2D eigenvalue weighted by Crippen LogP contribution is 2.30. The number of rotatable bonds is 7. The molecule has 1 aromatic heterocycles. The first-order valence-electron chi connectivity index (χ1n) is 5.72. The van der Waals surface area contributed by atoms with Gasteiger partial charge in [0.1, 0.15) is 12.1 Å². The van der Waals surface area contributed by atoms with E-state index in [0.717, 1.165) is 16.4 Å². The molecule has 0 spiro atoms. The Hall–Kier alpha value is -1.02. The Morgan fingerprint density at radius 3 is 3.05 bits per heavy atom. The van der Waals surface area contributed by atoms with E-state index in [9.17, 15) is 4.39 Å².